The van der Waals surface area contributed by atoms with E-state index in [0.29, 0.717) is 5.92 Å². The van der Waals surface area contributed by atoms with Crippen molar-refractivity contribution >= 4 is 45.1 Å². The Balaban J connectivity index is 0.928. The van der Waals surface area contributed by atoms with Crippen LogP contribution in [-0.2, 0) is 0 Å². The fourth-order valence-corrected chi connectivity index (χ4v) is 11.4. The van der Waals surface area contributed by atoms with E-state index in [9.17, 15) is 0 Å². The van der Waals surface area contributed by atoms with Crippen molar-refractivity contribution in [2.24, 2.45) is 5.92 Å². The van der Waals surface area contributed by atoms with Gasteiger partial charge in [0.05, 0.1) is 6.04 Å². The number of fused-ring (bicyclic) bond motifs is 3. The van der Waals surface area contributed by atoms with Gasteiger partial charge in [-0.25, -0.2) is 0 Å². The highest BCUT2D eigenvalue weighted by atomic mass is 15.2. The average molecular weight is 898 g/mol. The lowest BCUT2D eigenvalue weighted by Gasteiger charge is -2.35. The molecule has 0 N–H and O–H groups in total. The van der Waals surface area contributed by atoms with Crippen molar-refractivity contribution < 1.29 is 0 Å². The number of nitrogens with zero attached hydrogens (tertiary/aromatic N) is 1. The molecule has 12 rings (SSSR count). The van der Waals surface area contributed by atoms with Crippen LogP contribution >= 0.6 is 0 Å². The van der Waals surface area contributed by atoms with E-state index in [2.05, 4.69) is 284 Å². The summed E-state index contributed by atoms with van der Waals surface area (Å²) >= 11 is 0. The Bertz CT molecular complexity index is 3610. The molecule has 70 heavy (non-hydrogen) atoms. The van der Waals surface area contributed by atoms with Crippen molar-refractivity contribution in [1.82, 2.24) is 0 Å². The molecule has 0 heterocycles. The minimum absolute atomic E-state index is 0.0911. The summed E-state index contributed by atoms with van der Waals surface area (Å²) in [6.45, 7) is 0. The Hall–Kier alpha value is -8.26. The first-order valence-corrected chi connectivity index (χ1v) is 25.0. The van der Waals surface area contributed by atoms with Gasteiger partial charge in [0.1, 0.15) is 0 Å². The Morgan fingerprint density at radius 2 is 0.786 bits per heavy atom. The van der Waals surface area contributed by atoms with Gasteiger partial charge < -0.3 is 4.90 Å². The fourth-order valence-electron chi connectivity index (χ4n) is 11.4. The molecule has 2 aliphatic carbocycles. The van der Waals surface area contributed by atoms with Crippen LogP contribution in [0, 0.1) is 5.92 Å². The Labute approximate surface area is 412 Å². The van der Waals surface area contributed by atoms with Crippen molar-refractivity contribution in [1.29, 1.82) is 0 Å². The van der Waals surface area contributed by atoms with Gasteiger partial charge in [0.2, 0.25) is 0 Å². The predicted octanol–water partition coefficient (Wildman–Crippen LogP) is 15.8. The van der Waals surface area contributed by atoms with Crippen LogP contribution in [0.25, 0.3) is 33.7 Å². The van der Waals surface area contributed by atoms with Crippen molar-refractivity contribution in [3.05, 3.63) is 322 Å². The number of benzene rings is 10. The molecule has 0 saturated heterocycles. The molecule has 0 bridgehead atoms. The van der Waals surface area contributed by atoms with Crippen molar-refractivity contribution in [3.63, 3.8) is 0 Å². The molecule has 0 aliphatic heterocycles. The molecule has 0 aromatic heterocycles. The van der Waals surface area contributed by atoms with Crippen LogP contribution in [-0.4, -0.2) is 6.04 Å². The zero-order chi connectivity index (χ0) is 46.6. The third-order valence-corrected chi connectivity index (χ3v) is 14.9. The van der Waals surface area contributed by atoms with Gasteiger partial charge in [-0.1, -0.05) is 255 Å². The summed E-state index contributed by atoms with van der Waals surface area (Å²) in [4.78, 5) is 2.56. The van der Waals surface area contributed by atoms with Gasteiger partial charge in [-0.2, -0.15) is 0 Å². The van der Waals surface area contributed by atoms with Crippen LogP contribution < -0.4 is 15.3 Å². The average Bonchev–Trinajstić information content (AvgIpc) is 3.43. The maximum Gasteiger partial charge on any atom is 0.0560 e. The zero-order valence-electron chi connectivity index (χ0n) is 39.3. The Kier molecular flexibility index (Phi) is 11.9. The minimum Gasteiger partial charge on any atom is -0.334 e. The van der Waals surface area contributed by atoms with Crippen LogP contribution in [0.2, 0.25) is 0 Å². The van der Waals surface area contributed by atoms with Crippen LogP contribution in [0.1, 0.15) is 69.5 Å². The van der Waals surface area contributed by atoms with E-state index in [1.165, 1.54) is 87.9 Å². The summed E-state index contributed by atoms with van der Waals surface area (Å²) in [5.74, 6) is 0.781. The van der Waals surface area contributed by atoms with Crippen molar-refractivity contribution in [2.75, 3.05) is 4.90 Å². The first-order chi connectivity index (χ1) is 34.7. The van der Waals surface area contributed by atoms with Gasteiger partial charge in [0.15, 0.2) is 0 Å². The van der Waals surface area contributed by atoms with E-state index in [1.807, 2.05) is 0 Å². The lowest BCUT2D eigenvalue weighted by molar-refractivity contribution is 0.614. The monoisotopic (exact) mass is 897 g/mol. The Morgan fingerprint density at radius 1 is 0.343 bits per heavy atom. The van der Waals surface area contributed by atoms with E-state index in [1.54, 1.807) is 0 Å². The lowest BCUT2D eigenvalue weighted by atomic mass is 9.77. The molecule has 1 nitrogen and oxygen atoms in total. The first-order valence-electron chi connectivity index (χ1n) is 25.0. The summed E-state index contributed by atoms with van der Waals surface area (Å²) in [7, 11) is 0. The van der Waals surface area contributed by atoms with Crippen LogP contribution in [0.15, 0.2) is 273 Å². The molecule has 0 saturated carbocycles. The van der Waals surface area contributed by atoms with Gasteiger partial charge in [-0.15, -0.1) is 0 Å². The molecule has 2 aliphatic rings. The van der Waals surface area contributed by atoms with Gasteiger partial charge in [-0.05, 0) is 120 Å². The second-order valence-corrected chi connectivity index (χ2v) is 19.1. The molecule has 0 fully saturated rings. The minimum atomic E-state index is 0.0911. The highest BCUT2D eigenvalue weighted by Crippen LogP contribution is 2.42. The van der Waals surface area contributed by atoms with Crippen molar-refractivity contribution in [3.8, 4) is 0 Å². The molecule has 0 amide bonds. The normalized spacial score (nSPS) is 16.5. The Morgan fingerprint density at radius 3 is 1.36 bits per heavy atom. The lowest BCUT2D eigenvalue weighted by Crippen LogP contribution is -2.31. The molecule has 10 aromatic carbocycles. The summed E-state index contributed by atoms with van der Waals surface area (Å²) in [5.41, 5.74) is 12.8. The van der Waals surface area contributed by atoms with Gasteiger partial charge >= 0.3 is 0 Å². The summed E-state index contributed by atoms with van der Waals surface area (Å²) in [6.07, 6.45) is 14.2. The van der Waals surface area contributed by atoms with Crippen molar-refractivity contribution in [2.45, 2.75) is 36.6 Å². The number of hydrogen-bond acceptors (Lipinski definition) is 1. The number of rotatable bonds is 12. The molecular weight excluding hydrogens is 843 g/mol. The maximum atomic E-state index is 2.56. The van der Waals surface area contributed by atoms with E-state index < -0.39 is 0 Å². The van der Waals surface area contributed by atoms with E-state index in [0.717, 1.165) is 12.8 Å². The summed E-state index contributed by atoms with van der Waals surface area (Å²) in [6, 6.07) is 92.3. The van der Waals surface area contributed by atoms with Gasteiger partial charge in [-0.3, -0.25) is 0 Å². The smallest absolute Gasteiger partial charge is 0.0560 e. The zero-order valence-corrected chi connectivity index (χ0v) is 39.3. The summed E-state index contributed by atoms with van der Waals surface area (Å²) < 4.78 is 0. The highest BCUT2D eigenvalue weighted by molar-refractivity contribution is 5.84. The molecule has 0 spiro atoms. The number of anilines is 2. The SMILES string of the molecule is C1=CC(N(c2ccc(C(c3ccccc3)c3ccc4ccccc4c3)cc2)c2ccc(C(c3ccccc3)C3C=c4ccccc4=CC3)cc2)CC=C1C(c1ccccc1)c1ccc2ccccc2c1. The third-order valence-electron chi connectivity index (χ3n) is 14.9. The number of hydrogen-bond donors (Lipinski definition) is 0. The molecular formula is C69H55N. The van der Waals surface area contributed by atoms with Crippen LogP contribution in [0.3, 0.4) is 0 Å². The van der Waals surface area contributed by atoms with Crippen LogP contribution in [0.4, 0.5) is 11.4 Å². The van der Waals surface area contributed by atoms with E-state index in [-0.39, 0.29) is 23.8 Å². The fraction of sp³-hybridized carbons (Fsp3) is 0.101. The molecule has 10 aromatic rings. The van der Waals surface area contributed by atoms with Gasteiger partial charge in [0, 0.05) is 29.1 Å². The standard InChI is InChI=1S/C69H55N/c1-4-19-52(20-5-1)67(61-31-28-49-16-10-13-25-58(49)46-61)55-34-40-64(41-35-55)70(65-42-36-56(37-43-65)68(53-21-6-2-7-22-53)62-32-29-50-17-11-14-26-59(50)47-62)66-44-38-57(39-45-66)69(54-23-8-3-9-24-54)63-33-30-51-18-12-15-27-60(51)48-63/h1-32,34-42,44-48,63,65,67-69H,33,43H2. The second kappa shape index (κ2) is 19.4. The molecule has 0 radical (unpaired) electrons. The molecule has 5 atom stereocenters. The first kappa shape index (κ1) is 43.0. The predicted molar refractivity (Wildman–Crippen MR) is 295 cm³/mol. The largest absolute Gasteiger partial charge is 0.334 e. The maximum absolute atomic E-state index is 2.56. The van der Waals surface area contributed by atoms with Crippen LogP contribution in [0.5, 0.6) is 0 Å². The van der Waals surface area contributed by atoms with E-state index in [4.69, 9.17) is 0 Å². The van der Waals surface area contributed by atoms with E-state index >= 15 is 0 Å². The topological polar surface area (TPSA) is 3.24 Å². The molecule has 1 heteroatoms. The molecule has 336 valence electrons. The quantitative estimate of drug-likeness (QED) is 0.110. The number of allylic oxidation sites excluding steroid dienone is 2. The highest BCUT2D eigenvalue weighted by Gasteiger charge is 2.28. The third kappa shape index (κ3) is 8.72. The second-order valence-electron chi connectivity index (χ2n) is 19.1. The summed E-state index contributed by atoms with van der Waals surface area (Å²) in [5, 5.41) is 7.72. The molecule has 5 unspecified atom stereocenters. The van der Waals surface area contributed by atoms with Gasteiger partial charge in [0.25, 0.3) is 0 Å².